The molecule has 2 heteroatoms. The van der Waals surface area contributed by atoms with Crippen molar-refractivity contribution in [3.8, 4) is 0 Å². The summed E-state index contributed by atoms with van der Waals surface area (Å²) in [5, 5.41) is 0. The van der Waals surface area contributed by atoms with Gasteiger partial charge in [-0.05, 0) is 6.29 Å². The standard InChI is InChI=1S/C4H5O.U/c1-4(2)3-5;/h1H2,2H3;/q-1;. The number of rotatable bonds is 1. The first kappa shape index (κ1) is 9.68. The number of carbonyl (C=O) groups excluding carboxylic acids is 1. The van der Waals surface area contributed by atoms with Crippen LogP contribution in [0.25, 0.3) is 0 Å². The molecule has 0 aliphatic heterocycles. The predicted octanol–water partition coefficient (Wildman–Crippen LogP) is 0.672. The van der Waals surface area contributed by atoms with Crippen LogP contribution in [0.5, 0.6) is 0 Å². The molecule has 0 saturated carbocycles. The molecule has 0 aromatic rings. The molecule has 1 nitrogen and oxygen atoms in total. The van der Waals surface area contributed by atoms with Crippen LogP contribution in [0.15, 0.2) is 12.2 Å². The minimum absolute atomic E-state index is 0. The summed E-state index contributed by atoms with van der Waals surface area (Å²) in [6.45, 7) is 4.85. The van der Waals surface area contributed by atoms with Crippen LogP contribution in [0.4, 0.5) is 0 Å². The van der Waals surface area contributed by atoms with Crippen LogP contribution in [0.1, 0.15) is 6.92 Å². The van der Waals surface area contributed by atoms with Gasteiger partial charge in [-0.3, -0.25) is 0 Å². The average Bonchev–Trinajstić information content (AvgIpc) is 1.38. The molecule has 0 N–H and O–H groups in total. The van der Waals surface area contributed by atoms with Crippen LogP contribution in [0, 0.1) is 31.1 Å². The largest absolute Gasteiger partial charge is 0.419 e. The molecule has 0 radical (unpaired) electrons. The van der Waals surface area contributed by atoms with E-state index in [0.29, 0.717) is 5.57 Å². The Morgan fingerprint density at radius 2 is 2.00 bits per heavy atom. The molecule has 0 heterocycles. The SMILES string of the molecule is C=C(C)[C-]=O.[U]. The molecule has 0 spiro atoms. The van der Waals surface area contributed by atoms with Crippen molar-refractivity contribution in [2.45, 2.75) is 6.92 Å². The minimum atomic E-state index is 0. The van der Waals surface area contributed by atoms with Crippen molar-refractivity contribution in [2.24, 2.45) is 0 Å². The summed E-state index contributed by atoms with van der Waals surface area (Å²) in [6.07, 6.45) is 1.58. The summed E-state index contributed by atoms with van der Waals surface area (Å²) < 4.78 is 0. The van der Waals surface area contributed by atoms with Gasteiger partial charge >= 0.3 is 0 Å². The molecule has 0 unspecified atom stereocenters. The van der Waals surface area contributed by atoms with Crippen molar-refractivity contribution >= 4 is 6.29 Å². The monoisotopic (exact) mass is 307 g/mol. The average molecular weight is 307 g/mol. The van der Waals surface area contributed by atoms with Crippen LogP contribution in [-0.2, 0) is 4.79 Å². The van der Waals surface area contributed by atoms with E-state index >= 15 is 0 Å². The molecule has 6 heavy (non-hydrogen) atoms. The number of hydrogen-bond donors (Lipinski definition) is 0. The van der Waals surface area contributed by atoms with Gasteiger partial charge in [-0.25, -0.2) is 6.58 Å². The zero-order valence-electron chi connectivity index (χ0n) is 3.62. The van der Waals surface area contributed by atoms with E-state index in [1.165, 1.54) is 0 Å². The first-order chi connectivity index (χ1) is 2.27. The third-order valence-electron chi connectivity index (χ3n) is 0.174. The second-order valence-electron chi connectivity index (χ2n) is 0.882. The van der Waals surface area contributed by atoms with Gasteiger partial charge in [0.1, 0.15) is 0 Å². The Morgan fingerprint density at radius 1 is 1.83 bits per heavy atom. The van der Waals surface area contributed by atoms with Crippen LogP contribution < -0.4 is 0 Å². The fourth-order valence-corrected chi connectivity index (χ4v) is 0. The summed E-state index contributed by atoms with van der Waals surface area (Å²) in [5.74, 6) is 0. The van der Waals surface area contributed by atoms with Crippen LogP contribution in [-0.4, -0.2) is 6.29 Å². The van der Waals surface area contributed by atoms with E-state index in [2.05, 4.69) is 6.58 Å². The summed E-state index contributed by atoms with van der Waals surface area (Å²) >= 11 is 0. The van der Waals surface area contributed by atoms with Crippen molar-refractivity contribution in [3.05, 3.63) is 12.2 Å². The normalized spacial score (nSPS) is 5.50. The van der Waals surface area contributed by atoms with Crippen molar-refractivity contribution in [3.63, 3.8) is 0 Å². The fraction of sp³-hybridized carbons (Fsp3) is 0.250. The first-order valence-electron chi connectivity index (χ1n) is 1.31. The van der Waals surface area contributed by atoms with E-state index in [0.717, 1.165) is 0 Å². The van der Waals surface area contributed by atoms with E-state index in [4.69, 9.17) is 0 Å². The third kappa shape index (κ3) is 8.82. The second-order valence-corrected chi connectivity index (χ2v) is 0.882. The number of allylic oxidation sites excluding steroid dienone is 1. The maximum Gasteiger partial charge on any atom is 0 e. The number of hydrogen-bond acceptors (Lipinski definition) is 1. The molecule has 0 aromatic heterocycles. The van der Waals surface area contributed by atoms with E-state index in [1.807, 2.05) is 0 Å². The molecule has 0 rings (SSSR count). The van der Waals surface area contributed by atoms with Crippen molar-refractivity contribution in [2.75, 3.05) is 0 Å². The van der Waals surface area contributed by atoms with Crippen molar-refractivity contribution in [1.29, 1.82) is 0 Å². The van der Waals surface area contributed by atoms with Gasteiger partial charge in [0.05, 0.1) is 0 Å². The Labute approximate surface area is 61.2 Å². The fourth-order valence-electron chi connectivity index (χ4n) is 0. The zero-order chi connectivity index (χ0) is 4.28. The van der Waals surface area contributed by atoms with Gasteiger partial charge in [0.15, 0.2) is 0 Å². The maximum atomic E-state index is 9.28. The van der Waals surface area contributed by atoms with Gasteiger partial charge in [0, 0.05) is 31.1 Å². The van der Waals surface area contributed by atoms with Crippen LogP contribution >= 0.6 is 0 Å². The summed E-state index contributed by atoms with van der Waals surface area (Å²) in [5.41, 5.74) is 0.449. The van der Waals surface area contributed by atoms with E-state index in [9.17, 15) is 4.79 Å². The Kier molecular flexibility index (Phi) is 8.81. The molecule has 0 saturated heterocycles. The van der Waals surface area contributed by atoms with Gasteiger partial charge in [0.25, 0.3) is 0 Å². The van der Waals surface area contributed by atoms with E-state index < -0.39 is 0 Å². The topological polar surface area (TPSA) is 17.1 Å². The predicted molar refractivity (Wildman–Crippen MR) is 20.5 cm³/mol. The van der Waals surface area contributed by atoms with Crippen LogP contribution in [0.3, 0.4) is 0 Å². The molecule has 0 bridgehead atoms. The molecule has 0 fully saturated rings. The summed E-state index contributed by atoms with van der Waals surface area (Å²) in [7, 11) is 0. The summed E-state index contributed by atoms with van der Waals surface area (Å²) in [6, 6.07) is 0. The van der Waals surface area contributed by atoms with Gasteiger partial charge in [-0.15, -0.1) is 0 Å². The van der Waals surface area contributed by atoms with Crippen molar-refractivity contribution < 1.29 is 35.9 Å². The Balaban J connectivity index is 0. The second kappa shape index (κ2) is 5.46. The molecule has 0 aromatic carbocycles. The smallest absolute Gasteiger partial charge is 0 e. The van der Waals surface area contributed by atoms with Crippen molar-refractivity contribution in [1.82, 2.24) is 0 Å². The molecular weight excluding hydrogens is 302 g/mol. The Hall–Kier alpha value is 0.462. The minimum Gasteiger partial charge on any atom is -0.419 e. The Bertz CT molecular complexity index is 58.6. The molecule has 0 aliphatic carbocycles. The molecule has 0 amide bonds. The van der Waals surface area contributed by atoms with Gasteiger partial charge in [-0.2, -0.15) is 5.57 Å². The molecular formula is C4H5OU-. The zero-order valence-corrected chi connectivity index (χ0v) is 7.78. The van der Waals surface area contributed by atoms with Gasteiger partial charge < -0.3 is 4.79 Å². The van der Waals surface area contributed by atoms with Crippen LogP contribution in [0.2, 0.25) is 0 Å². The summed E-state index contributed by atoms with van der Waals surface area (Å²) in [4.78, 5) is 9.28. The first-order valence-corrected chi connectivity index (χ1v) is 1.31. The molecule has 0 atom stereocenters. The van der Waals surface area contributed by atoms with Gasteiger partial charge in [-0.1, -0.05) is 6.92 Å². The van der Waals surface area contributed by atoms with Gasteiger partial charge in [0.2, 0.25) is 0 Å². The molecule has 32 valence electrons. The van der Waals surface area contributed by atoms with E-state index in [-0.39, 0.29) is 31.1 Å². The maximum absolute atomic E-state index is 9.28. The third-order valence-corrected chi connectivity index (χ3v) is 0.174. The van der Waals surface area contributed by atoms with E-state index in [1.54, 1.807) is 13.2 Å². The molecule has 0 aliphatic rings. The Morgan fingerprint density at radius 3 is 2.00 bits per heavy atom. The quantitative estimate of drug-likeness (QED) is 0.514.